The van der Waals surface area contributed by atoms with Crippen LogP contribution in [-0.2, 0) is 0 Å². The summed E-state index contributed by atoms with van der Waals surface area (Å²) in [5.74, 6) is 0. The lowest BCUT2D eigenvalue weighted by Gasteiger charge is -2.15. The van der Waals surface area contributed by atoms with Crippen LogP contribution in [0.3, 0.4) is 0 Å². The van der Waals surface area contributed by atoms with Crippen LogP contribution in [0, 0.1) is 0 Å². The molecule has 0 spiro atoms. The topological polar surface area (TPSA) is 38.9 Å². The van der Waals surface area contributed by atoms with E-state index in [9.17, 15) is 13.2 Å². The van der Waals surface area contributed by atoms with Crippen molar-refractivity contribution in [3.63, 3.8) is 0 Å². The van der Waals surface area contributed by atoms with E-state index in [4.69, 9.17) is 17.3 Å². The van der Waals surface area contributed by atoms with Crippen molar-refractivity contribution in [2.75, 3.05) is 0 Å². The zero-order valence-corrected chi connectivity index (χ0v) is 7.10. The minimum atomic E-state index is -4.45. The first-order valence-electron chi connectivity index (χ1n) is 3.35. The van der Waals surface area contributed by atoms with Crippen molar-refractivity contribution in [2.24, 2.45) is 5.73 Å². The van der Waals surface area contributed by atoms with Gasteiger partial charge in [-0.3, -0.25) is 0 Å². The summed E-state index contributed by atoms with van der Waals surface area (Å²) in [4.78, 5) is 3.55. The van der Waals surface area contributed by atoms with Gasteiger partial charge in [0.1, 0.15) is 11.2 Å². The minimum absolute atomic E-state index is 0.00259. The molecule has 0 radical (unpaired) electrons. The Balaban J connectivity index is 2.96. The number of rotatable bonds is 1. The Morgan fingerprint density at radius 1 is 1.46 bits per heavy atom. The van der Waals surface area contributed by atoms with Crippen LogP contribution in [0.5, 0.6) is 0 Å². The number of nitrogens with two attached hydrogens (primary N) is 1. The molecule has 1 aromatic rings. The molecule has 1 heterocycles. The molecule has 72 valence electrons. The smallest absolute Gasteiger partial charge is 0.316 e. The molecule has 1 rings (SSSR count). The molecule has 0 saturated heterocycles. The fourth-order valence-electron chi connectivity index (χ4n) is 0.800. The molecule has 2 nitrogen and oxygen atoms in total. The van der Waals surface area contributed by atoms with Crippen LogP contribution >= 0.6 is 11.6 Å². The molecule has 0 aliphatic rings. The number of nitrogens with zero attached hydrogens (tertiary/aromatic N) is 1. The van der Waals surface area contributed by atoms with Gasteiger partial charge < -0.3 is 5.73 Å². The third-order valence-electron chi connectivity index (χ3n) is 1.46. The van der Waals surface area contributed by atoms with Crippen LogP contribution in [0.2, 0.25) is 5.15 Å². The fraction of sp³-hybridized carbons (Fsp3) is 0.286. The minimum Gasteiger partial charge on any atom is -0.316 e. The number of pyridine rings is 1. The van der Waals surface area contributed by atoms with E-state index in [-0.39, 0.29) is 10.7 Å². The molecule has 0 aliphatic heterocycles. The molecule has 0 fully saturated rings. The molecular formula is C7H6ClF3N2. The van der Waals surface area contributed by atoms with E-state index in [1.54, 1.807) is 0 Å². The molecular weight excluding hydrogens is 205 g/mol. The first kappa shape index (κ1) is 10.3. The SMILES string of the molecule is NC(c1ccnc(Cl)c1)C(F)(F)F. The maximum absolute atomic E-state index is 12.1. The Bertz CT molecular complexity index is 300. The third-order valence-corrected chi connectivity index (χ3v) is 1.67. The average Bonchev–Trinajstić information content (AvgIpc) is 2.01. The summed E-state index contributed by atoms with van der Waals surface area (Å²) >= 11 is 5.40. The van der Waals surface area contributed by atoms with Crippen LogP contribution in [0.15, 0.2) is 18.3 Å². The highest BCUT2D eigenvalue weighted by molar-refractivity contribution is 6.29. The number of alkyl halides is 3. The van der Waals surface area contributed by atoms with Gasteiger partial charge in [0.2, 0.25) is 0 Å². The Kier molecular flexibility index (Phi) is 2.77. The predicted octanol–water partition coefficient (Wildman–Crippen LogP) is 2.30. The molecule has 0 bridgehead atoms. The van der Waals surface area contributed by atoms with E-state index >= 15 is 0 Å². The van der Waals surface area contributed by atoms with Crippen LogP contribution in [0.1, 0.15) is 11.6 Å². The van der Waals surface area contributed by atoms with Gasteiger partial charge in [-0.15, -0.1) is 0 Å². The van der Waals surface area contributed by atoms with Gasteiger partial charge in [-0.25, -0.2) is 4.98 Å². The number of hydrogen-bond donors (Lipinski definition) is 1. The maximum Gasteiger partial charge on any atom is 0.407 e. The van der Waals surface area contributed by atoms with E-state index < -0.39 is 12.2 Å². The molecule has 0 amide bonds. The maximum atomic E-state index is 12.1. The summed E-state index contributed by atoms with van der Waals surface area (Å²) in [7, 11) is 0. The Hall–Kier alpha value is -0.810. The van der Waals surface area contributed by atoms with Gasteiger partial charge in [0.15, 0.2) is 0 Å². The Morgan fingerprint density at radius 2 is 2.08 bits per heavy atom. The largest absolute Gasteiger partial charge is 0.407 e. The summed E-state index contributed by atoms with van der Waals surface area (Å²) in [6, 6.07) is 0.275. The summed E-state index contributed by atoms with van der Waals surface area (Å²) < 4.78 is 36.2. The van der Waals surface area contributed by atoms with Gasteiger partial charge in [0.25, 0.3) is 0 Å². The van der Waals surface area contributed by atoms with Gasteiger partial charge in [0.05, 0.1) is 0 Å². The van der Waals surface area contributed by atoms with Crippen LogP contribution in [-0.4, -0.2) is 11.2 Å². The molecule has 6 heteroatoms. The molecule has 0 aliphatic carbocycles. The average molecular weight is 211 g/mol. The molecule has 13 heavy (non-hydrogen) atoms. The lowest BCUT2D eigenvalue weighted by Crippen LogP contribution is -2.28. The van der Waals surface area contributed by atoms with Crippen molar-refractivity contribution in [2.45, 2.75) is 12.2 Å². The second-order valence-electron chi connectivity index (χ2n) is 2.43. The van der Waals surface area contributed by atoms with Crippen LogP contribution in [0.4, 0.5) is 13.2 Å². The quantitative estimate of drug-likeness (QED) is 0.723. The van der Waals surface area contributed by atoms with E-state index in [1.807, 2.05) is 0 Å². The van der Waals surface area contributed by atoms with Crippen molar-refractivity contribution in [3.8, 4) is 0 Å². The highest BCUT2D eigenvalue weighted by Gasteiger charge is 2.37. The lowest BCUT2D eigenvalue weighted by molar-refractivity contribution is -0.149. The van der Waals surface area contributed by atoms with Crippen molar-refractivity contribution in [1.29, 1.82) is 0 Å². The van der Waals surface area contributed by atoms with Gasteiger partial charge >= 0.3 is 6.18 Å². The van der Waals surface area contributed by atoms with Gasteiger partial charge in [0, 0.05) is 6.20 Å². The van der Waals surface area contributed by atoms with Crippen molar-refractivity contribution >= 4 is 11.6 Å². The molecule has 1 aromatic heterocycles. The van der Waals surface area contributed by atoms with Gasteiger partial charge in [-0.1, -0.05) is 11.6 Å². The molecule has 1 atom stereocenters. The lowest BCUT2D eigenvalue weighted by atomic mass is 10.1. The van der Waals surface area contributed by atoms with E-state index in [0.29, 0.717) is 0 Å². The fourth-order valence-corrected chi connectivity index (χ4v) is 0.982. The first-order chi connectivity index (χ1) is 5.91. The molecule has 0 saturated carbocycles. The molecule has 0 aromatic carbocycles. The number of aromatic nitrogens is 1. The van der Waals surface area contributed by atoms with Crippen molar-refractivity contribution in [3.05, 3.63) is 29.0 Å². The van der Waals surface area contributed by atoms with E-state index in [0.717, 1.165) is 6.07 Å². The molecule has 2 N–H and O–H groups in total. The normalized spacial score (nSPS) is 14.2. The van der Waals surface area contributed by atoms with Crippen molar-refractivity contribution < 1.29 is 13.2 Å². The summed E-state index contributed by atoms with van der Waals surface area (Å²) in [6.07, 6.45) is -3.27. The molecule has 1 unspecified atom stereocenters. The third kappa shape index (κ3) is 2.57. The van der Waals surface area contributed by atoms with E-state index in [2.05, 4.69) is 4.98 Å². The number of halogens is 4. The second kappa shape index (κ2) is 3.51. The Morgan fingerprint density at radius 3 is 2.54 bits per heavy atom. The highest BCUT2D eigenvalue weighted by atomic mass is 35.5. The Labute approximate surface area is 77.5 Å². The zero-order chi connectivity index (χ0) is 10.1. The summed E-state index contributed by atoms with van der Waals surface area (Å²) in [5.41, 5.74) is 4.84. The van der Waals surface area contributed by atoms with Crippen LogP contribution < -0.4 is 5.73 Å². The monoisotopic (exact) mass is 210 g/mol. The summed E-state index contributed by atoms with van der Waals surface area (Å²) in [6.45, 7) is 0. The highest BCUT2D eigenvalue weighted by Crippen LogP contribution is 2.30. The van der Waals surface area contributed by atoms with Crippen molar-refractivity contribution in [1.82, 2.24) is 4.98 Å². The van der Waals surface area contributed by atoms with E-state index in [1.165, 1.54) is 12.3 Å². The zero-order valence-electron chi connectivity index (χ0n) is 6.35. The first-order valence-corrected chi connectivity index (χ1v) is 3.73. The van der Waals surface area contributed by atoms with Gasteiger partial charge in [-0.05, 0) is 17.7 Å². The van der Waals surface area contributed by atoms with Gasteiger partial charge in [-0.2, -0.15) is 13.2 Å². The number of hydrogen-bond acceptors (Lipinski definition) is 2. The van der Waals surface area contributed by atoms with Crippen LogP contribution in [0.25, 0.3) is 0 Å². The second-order valence-corrected chi connectivity index (χ2v) is 2.82. The standard InChI is InChI=1S/C7H6ClF3N2/c8-5-3-4(1-2-13-5)6(12)7(9,10)11/h1-3,6H,12H2. The predicted molar refractivity (Wildman–Crippen MR) is 42.2 cm³/mol. The summed E-state index contributed by atoms with van der Waals surface area (Å²) in [5, 5.41) is -0.00259.